The minimum absolute atomic E-state index is 0.577. The third kappa shape index (κ3) is 5.13. The topological polar surface area (TPSA) is 34.1 Å². The second-order valence-electron chi connectivity index (χ2n) is 6.36. The molecule has 5 heteroatoms. The Balaban J connectivity index is 1.78. The standard InChI is InChI=1S/C18H31N5/c1-16(2)21(4)11-10-20-18(19-3)23-14-12-22(13-15-23)17-8-6-5-7-9-17/h5-9,16H,10-15H2,1-4H3,(H,19,20). The van der Waals surface area contributed by atoms with Gasteiger partial charge in [0.2, 0.25) is 0 Å². The second-order valence-corrected chi connectivity index (χ2v) is 6.36. The van der Waals surface area contributed by atoms with Crippen LogP contribution in [0.4, 0.5) is 5.69 Å². The molecule has 1 aromatic rings. The Morgan fingerprint density at radius 1 is 1.17 bits per heavy atom. The lowest BCUT2D eigenvalue weighted by atomic mass is 10.2. The van der Waals surface area contributed by atoms with Gasteiger partial charge in [-0.1, -0.05) is 18.2 Å². The summed E-state index contributed by atoms with van der Waals surface area (Å²) < 4.78 is 0. The van der Waals surface area contributed by atoms with E-state index < -0.39 is 0 Å². The van der Waals surface area contributed by atoms with Gasteiger partial charge in [0.1, 0.15) is 0 Å². The first-order valence-electron chi connectivity index (χ1n) is 8.57. The third-order valence-electron chi connectivity index (χ3n) is 4.54. The minimum atomic E-state index is 0.577. The van der Waals surface area contributed by atoms with Crippen molar-refractivity contribution in [2.75, 3.05) is 58.3 Å². The lowest BCUT2D eigenvalue weighted by Gasteiger charge is -2.37. The average molecular weight is 317 g/mol. The number of hydrogen-bond acceptors (Lipinski definition) is 3. The smallest absolute Gasteiger partial charge is 0.193 e. The Morgan fingerprint density at radius 3 is 2.39 bits per heavy atom. The highest BCUT2D eigenvalue weighted by Crippen LogP contribution is 2.15. The molecule has 0 aromatic heterocycles. The summed E-state index contributed by atoms with van der Waals surface area (Å²) in [5.41, 5.74) is 1.31. The summed E-state index contributed by atoms with van der Waals surface area (Å²) in [5.74, 6) is 1.02. The fraction of sp³-hybridized carbons (Fsp3) is 0.611. The van der Waals surface area contributed by atoms with E-state index in [0.29, 0.717) is 6.04 Å². The van der Waals surface area contributed by atoms with Crippen molar-refractivity contribution in [3.05, 3.63) is 30.3 Å². The largest absolute Gasteiger partial charge is 0.368 e. The van der Waals surface area contributed by atoms with E-state index in [-0.39, 0.29) is 0 Å². The fourth-order valence-corrected chi connectivity index (χ4v) is 2.75. The van der Waals surface area contributed by atoms with Crippen LogP contribution in [-0.4, -0.2) is 75.2 Å². The Bertz CT molecular complexity index is 477. The molecule has 0 unspecified atom stereocenters. The van der Waals surface area contributed by atoms with E-state index in [1.807, 2.05) is 7.05 Å². The molecule has 0 aliphatic carbocycles. The normalized spacial score (nSPS) is 16.3. The lowest BCUT2D eigenvalue weighted by Crippen LogP contribution is -2.53. The van der Waals surface area contributed by atoms with E-state index in [1.165, 1.54) is 5.69 Å². The van der Waals surface area contributed by atoms with Crippen LogP contribution >= 0.6 is 0 Å². The molecule has 2 rings (SSSR count). The van der Waals surface area contributed by atoms with Crippen molar-refractivity contribution >= 4 is 11.6 Å². The molecule has 23 heavy (non-hydrogen) atoms. The summed E-state index contributed by atoms with van der Waals surface area (Å²) in [4.78, 5) is 11.6. The van der Waals surface area contributed by atoms with E-state index in [1.54, 1.807) is 0 Å². The van der Waals surface area contributed by atoms with Crippen molar-refractivity contribution in [1.29, 1.82) is 0 Å². The number of hydrogen-bond donors (Lipinski definition) is 1. The summed E-state index contributed by atoms with van der Waals surface area (Å²) in [6.45, 7) is 10.5. The van der Waals surface area contributed by atoms with Crippen molar-refractivity contribution in [2.45, 2.75) is 19.9 Å². The monoisotopic (exact) mass is 317 g/mol. The Morgan fingerprint density at radius 2 is 1.83 bits per heavy atom. The summed E-state index contributed by atoms with van der Waals surface area (Å²) in [7, 11) is 4.03. The van der Waals surface area contributed by atoms with E-state index in [4.69, 9.17) is 0 Å². The SMILES string of the molecule is CN=C(NCCN(C)C(C)C)N1CCN(c2ccccc2)CC1. The Hall–Kier alpha value is -1.75. The predicted molar refractivity (Wildman–Crippen MR) is 99.4 cm³/mol. The van der Waals surface area contributed by atoms with Crippen molar-refractivity contribution in [2.24, 2.45) is 4.99 Å². The Labute approximate surface area is 141 Å². The van der Waals surface area contributed by atoms with Crippen LogP contribution in [0, 0.1) is 0 Å². The van der Waals surface area contributed by atoms with Gasteiger partial charge in [-0.15, -0.1) is 0 Å². The van der Waals surface area contributed by atoms with E-state index in [9.17, 15) is 0 Å². The number of nitrogens with zero attached hydrogens (tertiary/aromatic N) is 4. The van der Waals surface area contributed by atoms with Gasteiger partial charge in [0.15, 0.2) is 5.96 Å². The van der Waals surface area contributed by atoms with Crippen LogP contribution in [0.1, 0.15) is 13.8 Å². The van der Waals surface area contributed by atoms with Crippen LogP contribution in [0.2, 0.25) is 0 Å². The Kier molecular flexibility index (Phi) is 6.71. The molecule has 1 aliphatic rings. The van der Waals surface area contributed by atoms with Crippen molar-refractivity contribution in [3.63, 3.8) is 0 Å². The molecular weight excluding hydrogens is 286 g/mol. The molecule has 1 aromatic carbocycles. The first-order valence-corrected chi connectivity index (χ1v) is 8.57. The zero-order valence-electron chi connectivity index (χ0n) is 15.0. The van der Waals surface area contributed by atoms with Crippen molar-refractivity contribution in [3.8, 4) is 0 Å². The molecule has 1 heterocycles. The predicted octanol–water partition coefficient (Wildman–Crippen LogP) is 1.72. The molecule has 1 N–H and O–H groups in total. The highest BCUT2D eigenvalue weighted by molar-refractivity contribution is 5.80. The fourth-order valence-electron chi connectivity index (χ4n) is 2.75. The van der Waals surface area contributed by atoms with Gasteiger partial charge in [0.25, 0.3) is 0 Å². The van der Waals surface area contributed by atoms with Gasteiger partial charge in [-0.25, -0.2) is 0 Å². The first kappa shape index (κ1) is 17.6. The molecule has 0 bridgehead atoms. The van der Waals surface area contributed by atoms with Gasteiger partial charge < -0.3 is 20.0 Å². The van der Waals surface area contributed by atoms with Crippen LogP contribution in [0.25, 0.3) is 0 Å². The maximum atomic E-state index is 4.45. The van der Waals surface area contributed by atoms with Crippen LogP contribution in [-0.2, 0) is 0 Å². The van der Waals surface area contributed by atoms with Gasteiger partial charge in [0.05, 0.1) is 0 Å². The first-order chi connectivity index (χ1) is 11.1. The van der Waals surface area contributed by atoms with E-state index >= 15 is 0 Å². The highest BCUT2D eigenvalue weighted by Gasteiger charge is 2.19. The average Bonchev–Trinajstić information content (AvgIpc) is 2.59. The molecule has 0 amide bonds. The molecule has 0 radical (unpaired) electrons. The maximum Gasteiger partial charge on any atom is 0.193 e. The molecule has 0 atom stereocenters. The minimum Gasteiger partial charge on any atom is -0.368 e. The molecule has 128 valence electrons. The highest BCUT2D eigenvalue weighted by atomic mass is 15.3. The second kappa shape index (κ2) is 8.77. The van der Waals surface area contributed by atoms with Crippen LogP contribution in [0.3, 0.4) is 0 Å². The summed E-state index contributed by atoms with van der Waals surface area (Å²) in [6, 6.07) is 11.2. The number of benzene rings is 1. The molecule has 1 aliphatic heterocycles. The van der Waals surface area contributed by atoms with Crippen LogP contribution in [0.5, 0.6) is 0 Å². The number of guanidine groups is 1. The van der Waals surface area contributed by atoms with E-state index in [2.05, 4.69) is 76.2 Å². The van der Waals surface area contributed by atoms with Crippen molar-refractivity contribution < 1.29 is 0 Å². The van der Waals surface area contributed by atoms with E-state index in [0.717, 1.165) is 45.2 Å². The quantitative estimate of drug-likeness (QED) is 0.662. The van der Waals surface area contributed by atoms with Gasteiger partial charge in [0, 0.05) is 58.0 Å². The van der Waals surface area contributed by atoms with Gasteiger partial charge in [-0.2, -0.15) is 0 Å². The number of piperazine rings is 1. The summed E-state index contributed by atoms with van der Waals surface area (Å²) in [5, 5.41) is 3.50. The lowest BCUT2D eigenvalue weighted by molar-refractivity contribution is 0.275. The number of aliphatic imine (C=N–C) groups is 1. The number of para-hydroxylation sites is 1. The van der Waals surface area contributed by atoms with Crippen molar-refractivity contribution in [1.82, 2.24) is 15.1 Å². The number of nitrogens with one attached hydrogen (secondary N) is 1. The molecule has 0 saturated carbocycles. The third-order valence-corrected chi connectivity index (χ3v) is 4.54. The molecule has 0 spiro atoms. The number of likely N-dealkylation sites (N-methyl/N-ethyl adjacent to an activating group) is 1. The summed E-state index contributed by atoms with van der Waals surface area (Å²) >= 11 is 0. The number of rotatable bonds is 5. The van der Waals surface area contributed by atoms with Gasteiger partial charge in [-0.05, 0) is 33.0 Å². The van der Waals surface area contributed by atoms with Crippen LogP contribution in [0.15, 0.2) is 35.3 Å². The molecule has 1 fully saturated rings. The zero-order valence-corrected chi connectivity index (χ0v) is 15.0. The maximum absolute atomic E-state index is 4.45. The molecule has 5 nitrogen and oxygen atoms in total. The van der Waals surface area contributed by atoms with Gasteiger partial charge in [-0.3, -0.25) is 4.99 Å². The zero-order chi connectivity index (χ0) is 16.7. The summed E-state index contributed by atoms with van der Waals surface area (Å²) in [6.07, 6.45) is 0. The van der Waals surface area contributed by atoms with Crippen LogP contribution < -0.4 is 10.2 Å². The molecule has 1 saturated heterocycles. The van der Waals surface area contributed by atoms with Gasteiger partial charge >= 0.3 is 0 Å². The molecular formula is C18H31N5. The number of anilines is 1.